The summed E-state index contributed by atoms with van der Waals surface area (Å²) in [6.45, 7) is 2.19. The van der Waals surface area contributed by atoms with E-state index in [9.17, 15) is 0 Å². The topological polar surface area (TPSA) is 13.7 Å². The van der Waals surface area contributed by atoms with Crippen molar-refractivity contribution >= 4 is 43.5 Å². The van der Waals surface area contributed by atoms with Crippen LogP contribution >= 0.6 is 0 Å². The van der Waals surface area contributed by atoms with Crippen LogP contribution in [0.15, 0.2) is 109 Å². The Morgan fingerprint density at radius 2 is 1.26 bits per heavy atom. The van der Waals surface area contributed by atoms with E-state index in [-0.39, 0.29) is 0 Å². The average Bonchev–Trinajstić information content (AvgIpc) is 3.39. The fourth-order valence-corrected chi connectivity index (χ4v) is 5.50. The smallest absolute Gasteiger partial charge is 0.286 e. The Kier molecular flexibility index (Phi) is 3.97. The average molecular weight is 439 g/mol. The summed E-state index contributed by atoms with van der Waals surface area (Å²) in [5.74, 6) is 1.16. The molecule has 0 spiro atoms. The second-order valence-electron chi connectivity index (χ2n) is 9.04. The lowest BCUT2D eigenvalue weighted by Crippen LogP contribution is -2.34. The Bertz CT molecular complexity index is 1830. The van der Waals surface area contributed by atoms with Gasteiger partial charge in [-0.3, -0.25) is 0 Å². The largest absolute Gasteiger partial charge is 0.309 e. The van der Waals surface area contributed by atoms with Crippen molar-refractivity contribution in [2.45, 2.75) is 6.92 Å². The number of hydrogen-bond acceptors (Lipinski definition) is 0. The molecule has 0 fully saturated rings. The molecule has 0 atom stereocenters. The molecule has 0 saturated carbocycles. The van der Waals surface area contributed by atoms with Gasteiger partial charge in [0, 0.05) is 38.7 Å². The second kappa shape index (κ2) is 7.06. The Balaban J connectivity index is 1.44. The van der Waals surface area contributed by atoms with E-state index in [2.05, 4.69) is 137 Å². The summed E-state index contributed by atoms with van der Waals surface area (Å²) in [5.41, 5.74) is 6.12. The zero-order chi connectivity index (χ0) is 22.8. The van der Waals surface area contributed by atoms with Crippen molar-refractivity contribution in [1.29, 1.82) is 0 Å². The number of rotatable bonds is 2. The second-order valence-corrected chi connectivity index (χ2v) is 9.04. The van der Waals surface area contributed by atoms with E-state index >= 15 is 0 Å². The predicted octanol–water partition coefficient (Wildman–Crippen LogP) is 7.01. The van der Waals surface area contributed by atoms with Crippen molar-refractivity contribution in [3.8, 4) is 11.5 Å². The molecule has 34 heavy (non-hydrogen) atoms. The summed E-state index contributed by atoms with van der Waals surface area (Å²) in [6, 6.07) is 37.2. The summed E-state index contributed by atoms with van der Waals surface area (Å²) in [4.78, 5) is 0. The van der Waals surface area contributed by atoms with Gasteiger partial charge in [-0.2, -0.15) is 0 Å². The molecule has 7 rings (SSSR count). The minimum atomic E-state index is 1.16. The molecule has 4 aromatic carbocycles. The maximum Gasteiger partial charge on any atom is 0.286 e. The summed E-state index contributed by atoms with van der Waals surface area (Å²) >= 11 is 0. The number of aromatic nitrogens is 3. The highest BCUT2D eigenvalue weighted by Crippen LogP contribution is 2.32. The maximum atomic E-state index is 2.38. The number of aryl methyl sites for hydroxylation is 2. The van der Waals surface area contributed by atoms with E-state index in [1.54, 1.807) is 0 Å². The monoisotopic (exact) mass is 438 g/mol. The minimum absolute atomic E-state index is 1.16. The summed E-state index contributed by atoms with van der Waals surface area (Å²) in [6.07, 6.45) is 2.23. The molecule has 0 saturated heterocycles. The number of pyridine rings is 1. The fraction of sp³-hybridized carbons (Fsp3) is 0.0645. The highest BCUT2D eigenvalue weighted by Gasteiger charge is 2.19. The van der Waals surface area contributed by atoms with Gasteiger partial charge in [0.2, 0.25) is 0 Å². The van der Waals surface area contributed by atoms with Gasteiger partial charge in [-0.15, -0.1) is 0 Å². The van der Waals surface area contributed by atoms with Crippen molar-refractivity contribution in [3.63, 3.8) is 0 Å². The van der Waals surface area contributed by atoms with Gasteiger partial charge in [0.05, 0.1) is 18.1 Å². The van der Waals surface area contributed by atoms with E-state index < -0.39 is 0 Å². The van der Waals surface area contributed by atoms with Gasteiger partial charge in [0.25, 0.3) is 5.82 Å². The molecule has 7 aromatic rings. The van der Waals surface area contributed by atoms with Crippen molar-refractivity contribution in [1.82, 2.24) is 9.13 Å². The molecule has 0 N–H and O–H groups in total. The van der Waals surface area contributed by atoms with Crippen LogP contribution in [0.5, 0.6) is 0 Å². The van der Waals surface area contributed by atoms with Crippen molar-refractivity contribution in [2.24, 2.45) is 7.05 Å². The SMILES string of the molecule is Cc1c2ccccc2cn1-c1ccc2cc(-n3c4ccccc4c4ccccc43)ccc2[n+]1C. The van der Waals surface area contributed by atoms with E-state index in [1.807, 2.05) is 0 Å². The van der Waals surface area contributed by atoms with Crippen LogP contribution < -0.4 is 4.57 Å². The molecule has 3 heterocycles. The quantitative estimate of drug-likeness (QED) is 0.258. The van der Waals surface area contributed by atoms with Crippen LogP contribution in [0.4, 0.5) is 0 Å². The normalized spacial score (nSPS) is 11.8. The van der Waals surface area contributed by atoms with Crippen LogP contribution in [-0.2, 0) is 7.05 Å². The van der Waals surface area contributed by atoms with E-state index in [1.165, 1.54) is 54.9 Å². The molecule has 0 radical (unpaired) electrons. The van der Waals surface area contributed by atoms with Gasteiger partial charge in [-0.25, -0.2) is 9.13 Å². The number of nitrogens with zero attached hydrogens (tertiary/aromatic N) is 3. The Morgan fingerprint density at radius 3 is 1.97 bits per heavy atom. The molecule has 0 aliphatic carbocycles. The highest BCUT2D eigenvalue weighted by molar-refractivity contribution is 6.09. The van der Waals surface area contributed by atoms with Crippen molar-refractivity contribution in [2.75, 3.05) is 0 Å². The number of benzene rings is 4. The molecule has 3 nitrogen and oxygen atoms in total. The first-order chi connectivity index (χ1) is 16.7. The molecular weight excluding hydrogens is 414 g/mol. The third kappa shape index (κ3) is 2.61. The number of fused-ring (bicyclic) bond motifs is 5. The van der Waals surface area contributed by atoms with E-state index in [0.717, 1.165) is 5.82 Å². The van der Waals surface area contributed by atoms with Gasteiger partial charge in [0.1, 0.15) is 17.4 Å². The molecule has 0 aliphatic rings. The van der Waals surface area contributed by atoms with Gasteiger partial charge < -0.3 is 4.57 Å². The maximum absolute atomic E-state index is 2.38. The molecule has 3 heteroatoms. The summed E-state index contributed by atoms with van der Waals surface area (Å²) in [5, 5.41) is 6.36. The van der Waals surface area contributed by atoms with Crippen LogP contribution in [0.2, 0.25) is 0 Å². The van der Waals surface area contributed by atoms with Gasteiger partial charge in [-0.05, 0) is 43.3 Å². The van der Waals surface area contributed by atoms with Crippen molar-refractivity contribution in [3.05, 3.63) is 115 Å². The lowest BCUT2D eigenvalue weighted by molar-refractivity contribution is -0.639. The van der Waals surface area contributed by atoms with Crippen LogP contribution in [0.3, 0.4) is 0 Å². The van der Waals surface area contributed by atoms with Gasteiger partial charge in [-0.1, -0.05) is 60.7 Å². The standard InChI is InChI=1S/C31H24N3/c1-21-25-10-4-3-9-23(25)20-33(21)31-18-15-22-19-24(16-17-28(22)32(31)2)34-29-13-7-5-11-26(29)27-12-6-8-14-30(27)34/h3-20H,1-2H3/q+1. The van der Waals surface area contributed by atoms with E-state index in [4.69, 9.17) is 0 Å². The van der Waals surface area contributed by atoms with Crippen molar-refractivity contribution < 1.29 is 4.57 Å². The van der Waals surface area contributed by atoms with Crippen LogP contribution in [0, 0.1) is 6.92 Å². The van der Waals surface area contributed by atoms with Crippen LogP contribution in [0.25, 0.3) is 55.0 Å². The van der Waals surface area contributed by atoms with Crippen LogP contribution in [0.1, 0.15) is 5.69 Å². The van der Waals surface area contributed by atoms with Gasteiger partial charge >= 0.3 is 0 Å². The lowest BCUT2D eigenvalue weighted by atomic mass is 10.1. The van der Waals surface area contributed by atoms with Gasteiger partial charge in [0.15, 0.2) is 0 Å². The number of para-hydroxylation sites is 2. The minimum Gasteiger partial charge on any atom is -0.309 e. The Morgan fingerprint density at radius 1 is 0.618 bits per heavy atom. The molecule has 0 aliphatic heterocycles. The lowest BCUT2D eigenvalue weighted by Gasteiger charge is -2.11. The summed E-state index contributed by atoms with van der Waals surface area (Å²) < 4.78 is 6.96. The molecule has 0 amide bonds. The zero-order valence-corrected chi connectivity index (χ0v) is 19.2. The number of hydrogen-bond donors (Lipinski definition) is 0. The Labute approximate surface area is 197 Å². The first kappa shape index (κ1) is 19.1. The first-order valence-corrected chi connectivity index (χ1v) is 11.7. The first-order valence-electron chi connectivity index (χ1n) is 11.7. The third-order valence-electron chi connectivity index (χ3n) is 7.19. The molecule has 0 unspecified atom stereocenters. The third-order valence-corrected chi connectivity index (χ3v) is 7.19. The molecular formula is C31H24N3+. The Hall–Kier alpha value is -4.37. The predicted molar refractivity (Wildman–Crippen MR) is 141 cm³/mol. The fourth-order valence-electron chi connectivity index (χ4n) is 5.50. The molecule has 0 bridgehead atoms. The zero-order valence-electron chi connectivity index (χ0n) is 19.2. The molecule has 162 valence electrons. The van der Waals surface area contributed by atoms with E-state index in [0.29, 0.717) is 0 Å². The molecule has 3 aromatic heterocycles. The summed E-state index contributed by atoms with van der Waals surface area (Å²) in [7, 11) is 2.15. The highest BCUT2D eigenvalue weighted by atomic mass is 15.1. The van der Waals surface area contributed by atoms with Crippen LogP contribution in [-0.4, -0.2) is 9.13 Å².